The van der Waals surface area contributed by atoms with Crippen molar-refractivity contribution >= 4 is 23.7 Å². The molecular formula is C15H9N3O6S. The summed E-state index contributed by atoms with van der Waals surface area (Å²) in [7, 11) is 0. The fraction of sp³-hybridized carbons (Fsp3) is 0.0667. The average molecular weight is 359 g/mol. The fourth-order valence-corrected chi connectivity index (χ4v) is 2.63. The average Bonchev–Trinajstić information content (AvgIpc) is 3.34. The summed E-state index contributed by atoms with van der Waals surface area (Å²) in [5, 5.41) is 20.4. The number of nitro groups is 1. The number of furan rings is 1. The highest BCUT2D eigenvalue weighted by Gasteiger charge is 2.16. The van der Waals surface area contributed by atoms with Crippen LogP contribution in [0.4, 0.5) is 5.88 Å². The van der Waals surface area contributed by atoms with Crippen LogP contribution in [-0.4, -0.2) is 21.9 Å². The van der Waals surface area contributed by atoms with Crippen molar-refractivity contribution in [1.29, 1.82) is 0 Å². The molecule has 3 heterocycles. The van der Waals surface area contributed by atoms with Gasteiger partial charge in [-0.2, -0.15) is 0 Å². The fourth-order valence-electron chi connectivity index (χ4n) is 2.09. The van der Waals surface area contributed by atoms with Crippen LogP contribution in [0.5, 0.6) is 11.5 Å². The Hall–Kier alpha value is -3.27. The van der Waals surface area contributed by atoms with Crippen LogP contribution >= 0.6 is 11.8 Å². The maximum absolute atomic E-state index is 10.6. The van der Waals surface area contributed by atoms with Crippen LogP contribution in [-0.2, 0) is 0 Å². The second-order valence-corrected chi connectivity index (χ2v) is 5.65. The van der Waals surface area contributed by atoms with Gasteiger partial charge in [0, 0.05) is 5.56 Å². The third-order valence-electron chi connectivity index (χ3n) is 3.22. The van der Waals surface area contributed by atoms with Gasteiger partial charge in [0.1, 0.15) is 10.7 Å². The van der Waals surface area contributed by atoms with Crippen LogP contribution in [0.25, 0.3) is 17.5 Å². The molecule has 1 aliphatic heterocycles. The molecule has 126 valence electrons. The van der Waals surface area contributed by atoms with E-state index in [9.17, 15) is 10.1 Å². The summed E-state index contributed by atoms with van der Waals surface area (Å²) in [6, 6.07) is 8.13. The molecule has 0 saturated carbocycles. The normalized spacial score (nSPS) is 12.8. The Morgan fingerprint density at radius 1 is 1.12 bits per heavy atom. The second-order valence-electron chi connectivity index (χ2n) is 4.79. The third kappa shape index (κ3) is 3.19. The van der Waals surface area contributed by atoms with Gasteiger partial charge >= 0.3 is 5.88 Å². The lowest BCUT2D eigenvalue weighted by Crippen LogP contribution is -1.92. The molecule has 0 atom stereocenters. The van der Waals surface area contributed by atoms with Gasteiger partial charge in [-0.1, -0.05) is 0 Å². The predicted molar refractivity (Wildman–Crippen MR) is 86.1 cm³/mol. The van der Waals surface area contributed by atoms with Crippen molar-refractivity contribution in [2.24, 2.45) is 0 Å². The molecule has 0 saturated heterocycles. The molecule has 4 rings (SSSR count). The van der Waals surface area contributed by atoms with E-state index in [1.165, 1.54) is 23.9 Å². The minimum Gasteiger partial charge on any atom is -0.454 e. The number of nitrogens with zero attached hydrogens (tertiary/aromatic N) is 3. The Balaban J connectivity index is 1.44. The number of hydrogen-bond donors (Lipinski definition) is 0. The predicted octanol–water partition coefficient (Wildman–Crippen LogP) is 3.73. The monoisotopic (exact) mass is 359 g/mol. The van der Waals surface area contributed by atoms with E-state index in [4.69, 9.17) is 18.3 Å². The first kappa shape index (κ1) is 15.3. The number of thioether (sulfide) groups is 1. The molecule has 0 fully saturated rings. The topological polar surface area (TPSA) is 114 Å². The summed E-state index contributed by atoms with van der Waals surface area (Å²) in [4.78, 5) is 9.95. The van der Waals surface area contributed by atoms with E-state index < -0.39 is 4.92 Å². The number of fused-ring (bicyclic) bond motifs is 1. The van der Waals surface area contributed by atoms with Crippen molar-refractivity contribution in [1.82, 2.24) is 10.2 Å². The van der Waals surface area contributed by atoms with Crippen molar-refractivity contribution in [3.63, 3.8) is 0 Å². The van der Waals surface area contributed by atoms with E-state index in [0.717, 1.165) is 0 Å². The minimum atomic E-state index is -0.597. The van der Waals surface area contributed by atoms with E-state index >= 15 is 0 Å². The van der Waals surface area contributed by atoms with Crippen molar-refractivity contribution in [3.05, 3.63) is 51.6 Å². The van der Waals surface area contributed by atoms with Gasteiger partial charge in [-0.25, -0.2) is 0 Å². The molecule has 25 heavy (non-hydrogen) atoms. The Morgan fingerprint density at radius 3 is 2.84 bits per heavy atom. The van der Waals surface area contributed by atoms with Gasteiger partial charge < -0.3 is 18.3 Å². The zero-order valence-electron chi connectivity index (χ0n) is 12.4. The van der Waals surface area contributed by atoms with Crippen LogP contribution in [0, 0.1) is 10.1 Å². The molecule has 10 heteroatoms. The van der Waals surface area contributed by atoms with Crippen LogP contribution in [0.15, 0.2) is 49.8 Å². The van der Waals surface area contributed by atoms with Crippen LogP contribution < -0.4 is 9.47 Å². The van der Waals surface area contributed by atoms with Gasteiger partial charge in [0.25, 0.3) is 5.22 Å². The number of aromatic nitrogens is 2. The van der Waals surface area contributed by atoms with Crippen molar-refractivity contribution in [2.75, 3.05) is 6.79 Å². The Bertz CT molecular complexity index is 964. The van der Waals surface area contributed by atoms with Gasteiger partial charge in [0.15, 0.2) is 11.5 Å². The zero-order chi connectivity index (χ0) is 17.2. The molecule has 0 amide bonds. The first-order valence-electron chi connectivity index (χ1n) is 7.00. The van der Waals surface area contributed by atoms with Crippen molar-refractivity contribution in [3.8, 4) is 23.0 Å². The van der Waals surface area contributed by atoms with Crippen molar-refractivity contribution in [2.45, 2.75) is 5.22 Å². The quantitative estimate of drug-likeness (QED) is 0.382. The molecule has 0 bridgehead atoms. The van der Waals surface area contributed by atoms with Crippen LogP contribution in [0.1, 0.15) is 5.76 Å². The van der Waals surface area contributed by atoms with Gasteiger partial charge in [0.2, 0.25) is 12.7 Å². The third-order valence-corrected chi connectivity index (χ3v) is 3.86. The molecule has 0 radical (unpaired) electrons. The molecule has 0 aliphatic carbocycles. The molecule has 2 aromatic heterocycles. The Morgan fingerprint density at radius 2 is 2.00 bits per heavy atom. The molecule has 0 spiro atoms. The lowest BCUT2D eigenvalue weighted by molar-refractivity contribution is -0.402. The first-order valence-corrected chi connectivity index (χ1v) is 7.88. The summed E-state index contributed by atoms with van der Waals surface area (Å²) in [6.07, 6.45) is 1.57. The van der Waals surface area contributed by atoms with Gasteiger partial charge in [-0.15, -0.1) is 10.2 Å². The molecular weight excluding hydrogens is 350 g/mol. The largest absolute Gasteiger partial charge is 0.454 e. The summed E-state index contributed by atoms with van der Waals surface area (Å²) in [5.41, 5.74) is 0.717. The smallest absolute Gasteiger partial charge is 0.433 e. The summed E-state index contributed by atoms with van der Waals surface area (Å²) in [6.45, 7) is 0.194. The number of benzene rings is 1. The van der Waals surface area contributed by atoms with Gasteiger partial charge in [0.05, 0.1) is 6.07 Å². The maximum atomic E-state index is 10.6. The van der Waals surface area contributed by atoms with Crippen LogP contribution in [0.3, 0.4) is 0 Å². The van der Waals surface area contributed by atoms with Crippen molar-refractivity contribution < 1.29 is 23.2 Å². The van der Waals surface area contributed by atoms with Gasteiger partial charge in [-0.05, 0) is 47.5 Å². The molecule has 1 aromatic carbocycles. The lowest BCUT2D eigenvalue weighted by atomic mass is 10.2. The lowest BCUT2D eigenvalue weighted by Gasteiger charge is -1.97. The molecule has 3 aromatic rings. The Kier molecular flexibility index (Phi) is 3.86. The second kappa shape index (κ2) is 6.32. The summed E-state index contributed by atoms with van der Waals surface area (Å²) >= 11 is 1.17. The molecule has 1 aliphatic rings. The van der Waals surface area contributed by atoms with Gasteiger partial charge in [-0.3, -0.25) is 10.1 Å². The molecule has 9 nitrogen and oxygen atoms in total. The Labute approximate surface area is 144 Å². The van der Waals surface area contributed by atoms with Crippen LogP contribution in [0.2, 0.25) is 0 Å². The first-order chi connectivity index (χ1) is 12.2. The molecule has 0 N–H and O–H groups in total. The number of ether oxygens (including phenoxy) is 2. The van der Waals surface area contributed by atoms with E-state index in [1.54, 1.807) is 29.7 Å². The highest BCUT2D eigenvalue weighted by atomic mass is 32.2. The highest BCUT2D eigenvalue weighted by molar-refractivity contribution is 8.02. The minimum absolute atomic E-state index is 0.194. The molecule has 0 unspecified atom stereocenters. The van der Waals surface area contributed by atoms with E-state index in [-0.39, 0.29) is 12.7 Å². The van der Waals surface area contributed by atoms with E-state index in [0.29, 0.717) is 33.9 Å². The van der Waals surface area contributed by atoms with E-state index in [1.807, 2.05) is 0 Å². The summed E-state index contributed by atoms with van der Waals surface area (Å²) in [5.74, 6) is 1.70. The van der Waals surface area contributed by atoms with E-state index in [2.05, 4.69) is 10.2 Å². The standard InChI is InChI=1S/C15H9N3O6S/c19-18(20)13-4-2-10(23-13)5-6-25-15-17-16-14(24-15)9-1-3-11-12(7-9)22-8-21-11/h1-7H,8H2/b6-5+. The highest BCUT2D eigenvalue weighted by Crippen LogP contribution is 2.36. The maximum Gasteiger partial charge on any atom is 0.433 e. The summed E-state index contributed by atoms with van der Waals surface area (Å²) < 4.78 is 21.1. The SMILES string of the molecule is O=[N+]([O-])c1ccc(/C=C/Sc2nnc(-c3ccc4c(c3)OCO4)o2)o1. The number of rotatable bonds is 5. The number of hydrogen-bond acceptors (Lipinski definition) is 9. The zero-order valence-corrected chi connectivity index (χ0v) is 13.3.